The molecule has 1 fully saturated rings. The van der Waals surface area contributed by atoms with Crippen LogP contribution in [0.5, 0.6) is 0 Å². The van der Waals surface area contributed by atoms with Gasteiger partial charge in [0, 0.05) is 24.1 Å². The Morgan fingerprint density at radius 2 is 2.16 bits per heavy atom. The van der Waals surface area contributed by atoms with Gasteiger partial charge in [0.25, 0.3) is 11.9 Å². The molecule has 6 rings (SSSR count). The normalized spacial score (nSPS) is 23.2. The minimum atomic E-state index is -0.454. The predicted octanol–water partition coefficient (Wildman–Crippen LogP) is 2.72. The summed E-state index contributed by atoms with van der Waals surface area (Å²) < 4.78 is 15.7. The third-order valence-electron chi connectivity index (χ3n) is 5.98. The van der Waals surface area contributed by atoms with Crippen molar-refractivity contribution >= 4 is 40.2 Å². The van der Waals surface area contributed by atoms with Crippen LogP contribution in [-0.4, -0.2) is 48.9 Å². The van der Waals surface area contributed by atoms with Gasteiger partial charge < -0.3 is 20.3 Å². The van der Waals surface area contributed by atoms with E-state index in [2.05, 4.69) is 30.6 Å². The summed E-state index contributed by atoms with van der Waals surface area (Å²) in [5.74, 6) is -0.120. The number of halogens is 1. The van der Waals surface area contributed by atoms with Gasteiger partial charge in [-0.25, -0.2) is 14.4 Å². The number of fused-ring (bicyclic) bond motifs is 2. The second kappa shape index (κ2) is 7.20. The third kappa shape index (κ3) is 3.23. The highest BCUT2D eigenvalue weighted by Gasteiger charge is 2.29. The summed E-state index contributed by atoms with van der Waals surface area (Å²) >= 11 is 0. The van der Waals surface area contributed by atoms with Crippen LogP contribution in [0.4, 0.5) is 21.8 Å². The Morgan fingerprint density at radius 1 is 1.28 bits per heavy atom. The maximum absolute atomic E-state index is 13.8. The van der Waals surface area contributed by atoms with E-state index in [0.717, 1.165) is 19.3 Å². The van der Waals surface area contributed by atoms with Crippen LogP contribution in [0.1, 0.15) is 30.9 Å². The molecule has 0 spiro atoms. The van der Waals surface area contributed by atoms with Crippen LogP contribution in [0, 0.1) is 11.7 Å². The van der Waals surface area contributed by atoms with Gasteiger partial charge in [0.2, 0.25) is 0 Å². The molecule has 2 aromatic heterocycles. The topological polar surface area (TPSA) is 117 Å². The standard InChI is InChI=1S/C22H20FN7O2/c23-12-2-6-16-15(8-12)17(21(32)26-16)27-22-28-19(25-13-3-4-13)18-20(29-22)30(10-24-18)14-5-1-11(7-14)9-31/h1-2,5-6,8,10-11,13-14,31H,3-4,7,9H2,(H2,25,26,27,28,29,32)/t11-,14+/m1/s1. The van der Waals surface area contributed by atoms with Gasteiger partial charge in [-0.3, -0.25) is 4.79 Å². The van der Waals surface area contributed by atoms with Crippen LogP contribution < -0.4 is 10.6 Å². The van der Waals surface area contributed by atoms with Gasteiger partial charge in [-0.05, 0) is 37.5 Å². The first-order valence-corrected chi connectivity index (χ1v) is 10.6. The fourth-order valence-corrected chi connectivity index (χ4v) is 4.15. The summed E-state index contributed by atoms with van der Waals surface area (Å²) in [6.45, 7) is 0.0904. The largest absolute Gasteiger partial charge is 0.396 e. The Bertz CT molecular complexity index is 1310. The van der Waals surface area contributed by atoms with Crippen molar-refractivity contribution in [1.82, 2.24) is 19.5 Å². The number of nitrogens with one attached hydrogen (secondary N) is 2. The number of carbonyl (C=O) groups is 1. The molecule has 3 N–H and O–H groups in total. The molecule has 3 aromatic rings. The fourth-order valence-electron chi connectivity index (χ4n) is 4.15. The molecule has 10 heteroatoms. The smallest absolute Gasteiger partial charge is 0.275 e. The maximum atomic E-state index is 13.8. The fraction of sp³-hybridized carbons (Fsp3) is 0.318. The summed E-state index contributed by atoms with van der Waals surface area (Å²) in [7, 11) is 0. The van der Waals surface area contributed by atoms with E-state index in [4.69, 9.17) is 0 Å². The number of benzene rings is 1. The number of aliphatic imine (C=N–C) groups is 1. The Hall–Kier alpha value is -3.66. The molecule has 32 heavy (non-hydrogen) atoms. The molecule has 1 saturated carbocycles. The van der Waals surface area contributed by atoms with Gasteiger partial charge in [-0.15, -0.1) is 0 Å². The van der Waals surface area contributed by atoms with E-state index in [1.165, 1.54) is 18.2 Å². The van der Waals surface area contributed by atoms with E-state index in [0.29, 0.717) is 34.3 Å². The number of rotatable bonds is 5. The number of allylic oxidation sites excluding steroid dienone is 1. The maximum Gasteiger partial charge on any atom is 0.275 e. The molecule has 3 heterocycles. The number of carbonyl (C=O) groups excluding carboxylic acids is 1. The molecule has 1 aromatic carbocycles. The molecule has 9 nitrogen and oxygen atoms in total. The lowest BCUT2D eigenvalue weighted by Crippen LogP contribution is -2.14. The molecule has 2 aliphatic carbocycles. The van der Waals surface area contributed by atoms with Crippen LogP contribution in [0.25, 0.3) is 11.2 Å². The van der Waals surface area contributed by atoms with Gasteiger partial charge >= 0.3 is 0 Å². The van der Waals surface area contributed by atoms with Crippen LogP contribution in [0.15, 0.2) is 41.7 Å². The number of nitrogens with zero attached hydrogens (tertiary/aromatic N) is 5. The molecule has 0 bridgehead atoms. The molecule has 0 radical (unpaired) electrons. The molecule has 2 atom stereocenters. The van der Waals surface area contributed by atoms with Crippen molar-refractivity contribution in [1.29, 1.82) is 0 Å². The monoisotopic (exact) mass is 433 g/mol. The minimum absolute atomic E-state index is 0.00549. The minimum Gasteiger partial charge on any atom is -0.396 e. The SMILES string of the molecule is O=C1Nc2ccc(F)cc2/C1=N/c1nc(NC2CC2)c2ncn([C@H]3C=C[C@@H](CO)C3)c2n1. The summed E-state index contributed by atoms with van der Waals surface area (Å²) in [6.07, 6.45) is 8.60. The summed E-state index contributed by atoms with van der Waals surface area (Å²) in [5.41, 5.74) is 2.18. The van der Waals surface area contributed by atoms with Crippen LogP contribution in [-0.2, 0) is 4.79 Å². The highest BCUT2D eigenvalue weighted by atomic mass is 19.1. The van der Waals surface area contributed by atoms with Crippen molar-refractivity contribution in [2.45, 2.75) is 31.3 Å². The molecule has 0 unspecified atom stereocenters. The van der Waals surface area contributed by atoms with Gasteiger partial charge in [-0.1, -0.05) is 12.2 Å². The first-order chi connectivity index (χ1) is 15.6. The third-order valence-corrected chi connectivity index (χ3v) is 5.98. The van der Waals surface area contributed by atoms with E-state index in [1.54, 1.807) is 6.33 Å². The van der Waals surface area contributed by atoms with Gasteiger partial charge in [0.05, 0.1) is 18.1 Å². The van der Waals surface area contributed by atoms with E-state index in [1.807, 2.05) is 16.7 Å². The predicted molar refractivity (Wildman–Crippen MR) is 117 cm³/mol. The lowest BCUT2D eigenvalue weighted by atomic mass is 10.1. The van der Waals surface area contributed by atoms with Crippen LogP contribution >= 0.6 is 0 Å². The Labute approximate surface area is 182 Å². The number of aliphatic hydroxyl groups excluding tert-OH is 1. The van der Waals surface area contributed by atoms with Gasteiger partial charge in [0.1, 0.15) is 11.5 Å². The highest BCUT2D eigenvalue weighted by Crippen LogP contribution is 2.34. The van der Waals surface area contributed by atoms with Crippen molar-refractivity contribution in [2.75, 3.05) is 17.2 Å². The van der Waals surface area contributed by atoms with Crippen LogP contribution in [0.3, 0.4) is 0 Å². The zero-order valence-electron chi connectivity index (χ0n) is 17.0. The van der Waals surface area contributed by atoms with Gasteiger partial charge in [-0.2, -0.15) is 9.97 Å². The van der Waals surface area contributed by atoms with Crippen molar-refractivity contribution in [3.8, 4) is 0 Å². The molecular formula is C22H20FN7O2. The summed E-state index contributed by atoms with van der Waals surface area (Å²) in [6, 6.07) is 4.40. The van der Waals surface area contributed by atoms with Crippen molar-refractivity contribution < 1.29 is 14.3 Å². The molecule has 0 saturated heterocycles. The van der Waals surface area contributed by atoms with Crippen LogP contribution in [0.2, 0.25) is 0 Å². The zero-order valence-corrected chi connectivity index (χ0v) is 17.0. The molecule has 1 amide bonds. The number of imidazole rings is 1. The number of aromatic nitrogens is 4. The zero-order chi connectivity index (χ0) is 21.8. The first-order valence-electron chi connectivity index (χ1n) is 10.6. The Kier molecular flexibility index (Phi) is 4.29. The Balaban J connectivity index is 1.47. The lowest BCUT2D eigenvalue weighted by Gasteiger charge is -2.13. The van der Waals surface area contributed by atoms with E-state index in [9.17, 15) is 14.3 Å². The van der Waals surface area contributed by atoms with E-state index < -0.39 is 11.7 Å². The lowest BCUT2D eigenvalue weighted by molar-refractivity contribution is -0.110. The number of hydrogen-bond acceptors (Lipinski definition) is 7. The van der Waals surface area contributed by atoms with E-state index in [-0.39, 0.29) is 30.2 Å². The molecule has 162 valence electrons. The Morgan fingerprint density at radius 3 is 2.94 bits per heavy atom. The molecule has 3 aliphatic rings. The van der Waals surface area contributed by atoms with E-state index >= 15 is 0 Å². The van der Waals surface area contributed by atoms with Crippen molar-refractivity contribution in [2.24, 2.45) is 10.9 Å². The highest BCUT2D eigenvalue weighted by molar-refractivity contribution is 6.54. The van der Waals surface area contributed by atoms with Crippen molar-refractivity contribution in [3.63, 3.8) is 0 Å². The number of aliphatic hydroxyl groups is 1. The molecule has 1 aliphatic heterocycles. The second-order valence-corrected chi connectivity index (χ2v) is 8.35. The summed E-state index contributed by atoms with van der Waals surface area (Å²) in [4.78, 5) is 30.6. The first kappa shape index (κ1) is 19.1. The molecular weight excluding hydrogens is 413 g/mol. The van der Waals surface area contributed by atoms with Gasteiger partial charge in [0.15, 0.2) is 17.0 Å². The quantitative estimate of drug-likeness (QED) is 0.533. The number of anilines is 2. The average molecular weight is 433 g/mol. The average Bonchev–Trinajstić information content (AvgIpc) is 3.18. The van der Waals surface area contributed by atoms with Crippen molar-refractivity contribution in [3.05, 3.63) is 48.1 Å². The second-order valence-electron chi connectivity index (χ2n) is 8.35. The summed E-state index contributed by atoms with van der Waals surface area (Å²) in [5, 5.41) is 15.5. The number of amides is 1. The number of hydrogen-bond donors (Lipinski definition) is 3.